The van der Waals surface area contributed by atoms with Gasteiger partial charge in [0.1, 0.15) is 0 Å². The summed E-state index contributed by atoms with van der Waals surface area (Å²) in [7, 11) is 0. The molecular formula is C17H22O3. The summed E-state index contributed by atoms with van der Waals surface area (Å²) in [5.41, 5.74) is 1.77. The molecule has 0 amide bonds. The number of hydrogen-bond donors (Lipinski definition) is 1. The van der Waals surface area contributed by atoms with Crippen molar-refractivity contribution < 1.29 is 14.7 Å². The van der Waals surface area contributed by atoms with Crippen molar-refractivity contribution in [2.24, 2.45) is 11.8 Å². The predicted molar refractivity (Wildman–Crippen MR) is 79.9 cm³/mol. The van der Waals surface area contributed by atoms with Crippen molar-refractivity contribution >= 4 is 11.8 Å². The number of allylic oxidation sites excluding steroid dienone is 1. The Morgan fingerprint density at radius 3 is 2.30 bits per heavy atom. The number of carbonyl (C=O) groups is 2. The van der Waals surface area contributed by atoms with E-state index in [1.165, 1.54) is 11.6 Å². The Morgan fingerprint density at radius 1 is 1.25 bits per heavy atom. The fourth-order valence-corrected chi connectivity index (χ4v) is 2.11. The number of aliphatic carboxylic acids is 1. The van der Waals surface area contributed by atoms with Crippen molar-refractivity contribution in [1.29, 1.82) is 0 Å². The molecule has 1 rings (SSSR count). The lowest BCUT2D eigenvalue weighted by atomic mass is 9.94. The molecular weight excluding hydrogens is 252 g/mol. The normalized spacial score (nSPS) is 12.2. The average molecular weight is 274 g/mol. The van der Waals surface area contributed by atoms with Crippen LogP contribution in [0.3, 0.4) is 0 Å². The van der Waals surface area contributed by atoms with Gasteiger partial charge in [-0.05, 0) is 24.3 Å². The van der Waals surface area contributed by atoms with Crippen LogP contribution in [0, 0.1) is 11.8 Å². The SMILES string of the molecule is C=CCC(CC(=O)c1ccc(CC(C)C)cc1)C(=O)O. The van der Waals surface area contributed by atoms with Gasteiger partial charge in [0.05, 0.1) is 5.92 Å². The van der Waals surface area contributed by atoms with Crippen LogP contribution < -0.4 is 0 Å². The van der Waals surface area contributed by atoms with Gasteiger partial charge < -0.3 is 5.11 Å². The molecule has 108 valence electrons. The summed E-state index contributed by atoms with van der Waals surface area (Å²) in [4.78, 5) is 23.1. The quantitative estimate of drug-likeness (QED) is 0.580. The molecule has 0 spiro atoms. The molecule has 1 unspecified atom stereocenters. The van der Waals surface area contributed by atoms with Gasteiger partial charge in [0.15, 0.2) is 5.78 Å². The number of hydrogen-bond acceptors (Lipinski definition) is 2. The number of carboxylic acids is 1. The summed E-state index contributed by atoms with van der Waals surface area (Å²) >= 11 is 0. The zero-order valence-electron chi connectivity index (χ0n) is 12.1. The molecule has 0 heterocycles. The number of rotatable bonds is 8. The number of ketones is 1. The molecule has 0 fully saturated rings. The Morgan fingerprint density at radius 2 is 1.85 bits per heavy atom. The highest BCUT2D eigenvalue weighted by Crippen LogP contribution is 2.16. The second-order valence-electron chi connectivity index (χ2n) is 5.48. The van der Waals surface area contributed by atoms with Gasteiger partial charge in [0.25, 0.3) is 0 Å². The average Bonchev–Trinajstić information content (AvgIpc) is 2.38. The van der Waals surface area contributed by atoms with E-state index in [4.69, 9.17) is 5.11 Å². The molecule has 1 aromatic rings. The topological polar surface area (TPSA) is 54.4 Å². The summed E-state index contributed by atoms with van der Waals surface area (Å²) in [6.07, 6.45) is 2.85. The highest BCUT2D eigenvalue weighted by Gasteiger charge is 2.20. The lowest BCUT2D eigenvalue weighted by molar-refractivity contribution is -0.141. The highest BCUT2D eigenvalue weighted by atomic mass is 16.4. The molecule has 0 aromatic heterocycles. The van der Waals surface area contributed by atoms with Crippen molar-refractivity contribution in [2.45, 2.75) is 33.1 Å². The lowest BCUT2D eigenvalue weighted by Gasteiger charge is -2.10. The fraction of sp³-hybridized carbons (Fsp3) is 0.412. The second kappa shape index (κ2) is 7.63. The van der Waals surface area contributed by atoms with Crippen molar-refractivity contribution in [3.8, 4) is 0 Å². The van der Waals surface area contributed by atoms with E-state index in [-0.39, 0.29) is 12.2 Å². The standard InChI is InChI=1S/C17H22O3/c1-4-5-15(17(19)20)11-16(18)14-8-6-13(7-9-14)10-12(2)3/h4,6-9,12,15H,1,5,10-11H2,2-3H3,(H,19,20). The Balaban J connectivity index is 2.71. The van der Waals surface area contributed by atoms with E-state index in [2.05, 4.69) is 20.4 Å². The zero-order chi connectivity index (χ0) is 15.1. The van der Waals surface area contributed by atoms with E-state index in [9.17, 15) is 9.59 Å². The molecule has 0 radical (unpaired) electrons. The van der Waals surface area contributed by atoms with Gasteiger partial charge in [-0.2, -0.15) is 0 Å². The van der Waals surface area contributed by atoms with Crippen LogP contribution in [0.1, 0.15) is 42.6 Å². The molecule has 0 aliphatic carbocycles. The van der Waals surface area contributed by atoms with E-state index < -0.39 is 11.9 Å². The van der Waals surface area contributed by atoms with Crippen LogP contribution in [0.25, 0.3) is 0 Å². The molecule has 0 saturated carbocycles. The van der Waals surface area contributed by atoms with Crippen molar-refractivity contribution in [2.75, 3.05) is 0 Å². The number of carboxylic acid groups (broad SMARTS) is 1. The molecule has 3 heteroatoms. The first-order chi connectivity index (χ1) is 9.43. The van der Waals surface area contributed by atoms with Gasteiger partial charge in [-0.25, -0.2) is 0 Å². The van der Waals surface area contributed by atoms with Crippen LogP contribution in [-0.2, 0) is 11.2 Å². The number of carbonyl (C=O) groups excluding carboxylic acids is 1. The Kier molecular flexibility index (Phi) is 6.16. The van der Waals surface area contributed by atoms with E-state index in [1.807, 2.05) is 12.1 Å². The van der Waals surface area contributed by atoms with Gasteiger partial charge in [0, 0.05) is 12.0 Å². The van der Waals surface area contributed by atoms with E-state index >= 15 is 0 Å². The minimum absolute atomic E-state index is 0.0187. The van der Waals surface area contributed by atoms with Crippen molar-refractivity contribution in [1.82, 2.24) is 0 Å². The van der Waals surface area contributed by atoms with Crippen LogP contribution in [0.4, 0.5) is 0 Å². The van der Waals surface area contributed by atoms with Crippen LogP contribution in [0.5, 0.6) is 0 Å². The largest absolute Gasteiger partial charge is 0.481 e. The van der Waals surface area contributed by atoms with Gasteiger partial charge in [-0.15, -0.1) is 6.58 Å². The molecule has 1 atom stereocenters. The maximum atomic E-state index is 12.1. The Hall–Kier alpha value is -1.90. The Bertz CT molecular complexity index is 472. The molecule has 1 aromatic carbocycles. The maximum absolute atomic E-state index is 12.1. The van der Waals surface area contributed by atoms with Crippen LogP contribution >= 0.6 is 0 Å². The lowest BCUT2D eigenvalue weighted by Crippen LogP contribution is -2.17. The summed E-state index contributed by atoms with van der Waals surface area (Å²) in [6, 6.07) is 7.45. The van der Waals surface area contributed by atoms with Crippen molar-refractivity contribution in [3.63, 3.8) is 0 Å². The highest BCUT2D eigenvalue weighted by molar-refractivity contribution is 5.98. The monoisotopic (exact) mass is 274 g/mol. The zero-order valence-corrected chi connectivity index (χ0v) is 12.1. The summed E-state index contributed by atoms with van der Waals surface area (Å²) in [6.45, 7) is 7.82. The van der Waals surface area contributed by atoms with E-state index in [0.717, 1.165) is 6.42 Å². The third-order valence-electron chi connectivity index (χ3n) is 3.15. The number of benzene rings is 1. The minimum atomic E-state index is -0.949. The summed E-state index contributed by atoms with van der Waals surface area (Å²) in [5.74, 6) is -1.19. The molecule has 3 nitrogen and oxygen atoms in total. The molecule has 0 aliphatic rings. The maximum Gasteiger partial charge on any atom is 0.307 e. The first kappa shape index (κ1) is 16.2. The first-order valence-corrected chi connectivity index (χ1v) is 6.89. The minimum Gasteiger partial charge on any atom is -0.481 e. The smallest absolute Gasteiger partial charge is 0.307 e. The molecule has 0 saturated heterocycles. The summed E-state index contributed by atoms with van der Waals surface area (Å²) in [5, 5.41) is 9.04. The second-order valence-corrected chi connectivity index (χ2v) is 5.48. The Labute approximate surface area is 120 Å². The summed E-state index contributed by atoms with van der Waals surface area (Å²) < 4.78 is 0. The van der Waals surface area contributed by atoms with Gasteiger partial charge in [-0.1, -0.05) is 44.2 Å². The first-order valence-electron chi connectivity index (χ1n) is 6.89. The van der Waals surface area contributed by atoms with Crippen LogP contribution in [0.15, 0.2) is 36.9 Å². The van der Waals surface area contributed by atoms with E-state index in [1.54, 1.807) is 12.1 Å². The van der Waals surface area contributed by atoms with Gasteiger partial charge in [-0.3, -0.25) is 9.59 Å². The van der Waals surface area contributed by atoms with Crippen LogP contribution in [-0.4, -0.2) is 16.9 Å². The van der Waals surface area contributed by atoms with Crippen LogP contribution in [0.2, 0.25) is 0 Å². The molecule has 1 N–H and O–H groups in total. The fourth-order valence-electron chi connectivity index (χ4n) is 2.11. The molecule has 0 aliphatic heterocycles. The molecule has 20 heavy (non-hydrogen) atoms. The number of Topliss-reactive ketones (excluding diaryl/α,β-unsaturated/α-hetero) is 1. The molecule has 0 bridgehead atoms. The van der Waals surface area contributed by atoms with Gasteiger partial charge >= 0.3 is 5.97 Å². The van der Waals surface area contributed by atoms with E-state index in [0.29, 0.717) is 17.9 Å². The van der Waals surface area contributed by atoms with Crippen molar-refractivity contribution in [3.05, 3.63) is 48.0 Å². The third-order valence-corrected chi connectivity index (χ3v) is 3.15. The third kappa shape index (κ3) is 5.00. The predicted octanol–water partition coefficient (Wildman–Crippen LogP) is 3.73. The van der Waals surface area contributed by atoms with Gasteiger partial charge in [0.2, 0.25) is 0 Å².